The molecule has 0 aromatic heterocycles. The van der Waals surface area contributed by atoms with E-state index in [0.29, 0.717) is 0 Å². The molecule has 0 fully saturated rings. The molecule has 2 amide bonds. The summed E-state index contributed by atoms with van der Waals surface area (Å²) in [4.78, 5) is 47.0. The van der Waals surface area contributed by atoms with E-state index in [4.69, 9.17) is 20.4 Å². The maximum Gasteiger partial charge on any atom is 0.328 e. The van der Waals surface area contributed by atoms with E-state index in [-0.39, 0.29) is 27.2 Å². The zero-order valence-electron chi connectivity index (χ0n) is 43.2. The zero-order chi connectivity index (χ0) is 53.8. The first kappa shape index (κ1) is 68.6. The van der Waals surface area contributed by atoms with Gasteiger partial charge in [0.05, 0.1) is 7.11 Å². The molecule has 0 heterocycles. The Labute approximate surface area is 435 Å². The fourth-order valence-corrected chi connectivity index (χ4v) is 5.75. The van der Waals surface area contributed by atoms with Crippen LogP contribution in [0.15, 0.2) is 121 Å². The number of rotatable bonds is 25. The fraction of sp³-hybridized carbons (Fsp3) is 0.357. The number of aliphatic carboxylic acids is 2. The summed E-state index contributed by atoms with van der Waals surface area (Å²) >= 11 is 0. The van der Waals surface area contributed by atoms with Crippen molar-refractivity contribution in [3.8, 4) is 0 Å². The van der Waals surface area contributed by atoms with Crippen molar-refractivity contribution in [3.05, 3.63) is 166 Å². The van der Waals surface area contributed by atoms with Crippen LogP contribution in [-0.2, 0) is 54.7 Å². The molecular weight excluding hydrogens is 926 g/mol. The van der Waals surface area contributed by atoms with Crippen molar-refractivity contribution < 1.29 is 54.2 Å². The molecule has 0 spiro atoms. The van der Waals surface area contributed by atoms with Gasteiger partial charge in [-0.25, -0.2) is 20.5 Å². The molecule has 0 bridgehead atoms. The number of benzene rings is 4. The lowest BCUT2D eigenvalue weighted by atomic mass is 9.66. The highest BCUT2D eigenvalue weighted by molar-refractivity contribution is 6.48. The number of amides is 2. The molecule has 0 aliphatic carbocycles. The van der Waals surface area contributed by atoms with Gasteiger partial charge in [-0.2, -0.15) is 0 Å². The minimum absolute atomic E-state index is 0. The highest BCUT2D eigenvalue weighted by Gasteiger charge is 2.04. The molecule has 73 heavy (non-hydrogen) atoms. The van der Waals surface area contributed by atoms with Crippen LogP contribution in [0, 0.1) is 0 Å². The SMILES string of the molecule is C.CB(O)CCc1ccc(/C=C/C(=O)O)cc1.CCCCNCc1ccc(/C=C/C(=O)NO)cc1.CCCCNCc1ccc(/C=C/C(=O)O)cc1.COC.CONC(=O)/C=C/c1ccc(CCB(C)O)cc1. The van der Waals surface area contributed by atoms with Crippen molar-refractivity contribution in [1.82, 2.24) is 21.6 Å². The minimum atomic E-state index is -0.946. The van der Waals surface area contributed by atoms with Crippen molar-refractivity contribution in [2.24, 2.45) is 0 Å². The molecule has 4 aromatic carbocycles. The quantitative estimate of drug-likeness (QED) is 0.00992. The van der Waals surface area contributed by atoms with Crippen LogP contribution in [0.3, 0.4) is 0 Å². The lowest BCUT2D eigenvalue weighted by Crippen LogP contribution is -2.18. The summed E-state index contributed by atoms with van der Waals surface area (Å²) in [5.41, 5.74) is 12.2. The van der Waals surface area contributed by atoms with Crippen LogP contribution in [0.1, 0.15) is 91.5 Å². The number of unbranched alkanes of at least 4 members (excludes halogenated alkanes) is 2. The van der Waals surface area contributed by atoms with Gasteiger partial charge in [0, 0.05) is 51.6 Å². The van der Waals surface area contributed by atoms with Crippen molar-refractivity contribution in [2.75, 3.05) is 34.4 Å². The van der Waals surface area contributed by atoms with Crippen LogP contribution in [0.5, 0.6) is 0 Å². The molecule has 17 heteroatoms. The van der Waals surface area contributed by atoms with Gasteiger partial charge < -0.3 is 35.6 Å². The monoisotopic (exact) mass is 1010 g/mol. The third-order valence-electron chi connectivity index (χ3n) is 9.70. The van der Waals surface area contributed by atoms with Crippen LogP contribution in [0.2, 0.25) is 26.3 Å². The second kappa shape index (κ2) is 45.4. The van der Waals surface area contributed by atoms with E-state index < -0.39 is 17.8 Å². The Hall–Kier alpha value is -6.43. The Morgan fingerprint density at radius 2 is 0.822 bits per heavy atom. The van der Waals surface area contributed by atoms with E-state index in [2.05, 4.69) is 39.5 Å². The molecule has 4 aromatic rings. The number of carbonyl (C=O) groups is 4. The van der Waals surface area contributed by atoms with Gasteiger partial charge in [0.15, 0.2) is 0 Å². The zero-order valence-corrected chi connectivity index (χ0v) is 43.2. The van der Waals surface area contributed by atoms with Gasteiger partial charge >= 0.3 is 11.9 Å². The highest BCUT2D eigenvalue weighted by atomic mass is 16.6. The molecule has 0 radical (unpaired) electrons. The number of carbonyl (C=O) groups excluding carboxylic acids is 2. The summed E-state index contributed by atoms with van der Waals surface area (Å²) in [5.74, 6) is -2.69. The van der Waals surface area contributed by atoms with Crippen LogP contribution in [-0.4, -0.2) is 97.5 Å². The van der Waals surface area contributed by atoms with E-state index in [1.165, 1.54) is 61.6 Å². The number of carboxylic acids is 2. The normalized spacial score (nSPS) is 10.4. The molecule has 398 valence electrons. The lowest BCUT2D eigenvalue weighted by Gasteiger charge is -2.04. The Kier molecular flexibility index (Phi) is 42.7. The first-order valence-electron chi connectivity index (χ1n) is 24.1. The Morgan fingerprint density at radius 3 is 1.10 bits per heavy atom. The van der Waals surface area contributed by atoms with E-state index in [1.807, 2.05) is 97.1 Å². The van der Waals surface area contributed by atoms with E-state index in [9.17, 15) is 24.2 Å². The van der Waals surface area contributed by atoms with Crippen molar-refractivity contribution in [2.45, 2.75) is 99.2 Å². The molecule has 0 aliphatic heterocycles. The Balaban J connectivity index is 0. The maximum atomic E-state index is 11.1. The van der Waals surface area contributed by atoms with Crippen molar-refractivity contribution in [3.63, 3.8) is 0 Å². The predicted molar refractivity (Wildman–Crippen MR) is 300 cm³/mol. The van der Waals surface area contributed by atoms with Gasteiger partial charge in [-0.1, -0.05) is 145 Å². The molecule has 4 rings (SSSR count). The second-order valence-corrected chi connectivity index (χ2v) is 16.4. The number of ether oxygens (including phenoxy) is 1. The van der Waals surface area contributed by atoms with Crippen LogP contribution in [0.25, 0.3) is 24.3 Å². The van der Waals surface area contributed by atoms with Gasteiger partial charge in [0.25, 0.3) is 25.6 Å². The topological polar surface area (TPSA) is 236 Å². The maximum absolute atomic E-state index is 11.1. The molecule has 15 nitrogen and oxygen atoms in total. The molecule has 0 saturated heterocycles. The first-order chi connectivity index (χ1) is 34.6. The average Bonchev–Trinajstić information content (AvgIpc) is 3.37. The van der Waals surface area contributed by atoms with Gasteiger partial charge in [0.2, 0.25) is 0 Å². The van der Waals surface area contributed by atoms with Crippen molar-refractivity contribution >= 4 is 61.9 Å². The van der Waals surface area contributed by atoms with Crippen molar-refractivity contribution in [1.29, 1.82) is 0 Å². The van der Waals surface area contributed by atoms with Gasteiger partial charge in [-0.3, -0.25) is 19.6 Å². The highest BCUT2D eigenvalue weighted by Crippen LogP contribution is 2.11. The largest absolute Gasteiger partial charge is 0.478 e. The number of hydrogen-bond acceptors (Lipinski definition) is 11. The van der Waals surface area contributed by atoms with E-state index in [0.717, 1.165) is 91.6 Å². The summed E-state index contributed by atoms with van der Waals surface area (Å²) < 4.78 is 4.25. The third-order valence-corrected chi connectivity index (χ3v) is 9.70. The summed E-state index contributed by atoms with van der Waals surface area (Å²) in [6.07, 6.45) is 19.4. The van der Waals surface area contributed by atoms with E-state index in [1.54, 1.807) is 57.6 Å². The number of aryl methyl sites for hydroxylation is 2. The summed E-state index contributed by atoms with van der Waals surface area (Å²) in [5, 5.41) is 50.4. The number of methoxy groups -OCH3 is 1. The Morgan fingerprint density at radius 1 is 0.521 bits per heavy atom. The summed E-state index contributed by atoms with van der Waals surface area (Å²) in [7, 11) is 4.64. The van der Waals surface area contributed by atoms with E-state index >= 15 is 0 Å². The summed E-state index contributed by atoms with van der Waals surface area (Å²) in [6, 6.07) is 31.3. The molecule has 0 aliphatic rings. The van der Waals surface area contributed by atoms with Gasteiger partial charge in [-0.15, -0.1) is 0 Å². The predicted octanol–water partition coefficient (Wildman–Crippen LogP) is 9.14. The number of nitrogens with one attached hydrogen (secondary N) is 4. The number of carboxylic acid groups (broad SMARTS) is 2. The molecule has 0 saturated carbocycles. The summed E-state index contributed by atoms with van der Waals surface area (Å²) in [6.45, 7) is 11.1. The van der Waals surface area contributed by atoms with Crippen LogP contribution in [0.4, 0.5) is 0 Å². The van der Waals surface area contributed by atoms with Crippen LogP contribution < -0.4 is 21.6 Å². The average molecular weight is 1010 g/mol. The standard InChI is InChI=1S/C14H20N2O2.C14H19NO2.C13H18BNO3.C12H15BO3.C2H6O.CH4/c1-2-3-10-15-11-13-6-4-12(5-7-13)8-9-14(17)16-18;1-2-3-10-15-11-13-6-4-12(5-7-13)8-9-14(16)17;1-14(17)10-9-12-5-3-11(4-6-12)7-8-13(16)15-18-2;1-13(16)9-8-11-4-2-10(3-5-11)6-7-12(14)15;1-3-2;/h4-9,15,18H,2-3,10-11H2,1H3,(H,16,17);4-9,15H,2-3,10-11H2,1H3,(H,16,17);3-8,17H,9-10H2,1-2H3,(H,15,16);2-7,16H,8-9H2,1H3,(H,14,15);1-2H3;1H4/b2*9-8+;8-7+;7-6+;;. The molecule has 0 unspecified atom stereocenters. The molecule has 9 N–H and O–H groups in total. The smallest absolute Gasteiger partial charge is 0.328 e. The second-order valence-electron chi connectivity index (χ2n) is 16.4. The fourth-order valence-electron chi connectivity index (χ4n) is 5.75. The van der Waals surface area contributed by atoms with Gasteiger partial charge in [-0.05, 0) is 120 Å². The number of hydrogen-bond donors (Lipinski definition) is 9. The minimum Gasteiger partial charge on any atom is -0.478 e. The number of hydroxylamine groups is 2. The first-order valence-corrected chi connectivity index (χ1v) is 24.1. The molecule has 0 atom stereocenters. The lowest BCUT2D eigenvalue weighted by molar-refractivity contribution is -0.132. The molecular formula is C56H82B2N4O11. The van der Waals surface area contributed by atoms with Crippen LogP contribution >= 0.6 is 0 Å². The third kappa shape index (κ3) is 40.8. The Bertz CT molecular complexity index is 2160. The van der Waals surface area contributed by atoms with Gasteiger partial charge in [0.1, 0.15) is 0 Å².